The number of nitrogens with one attached hydrogen (secondary N) is 1. The van der Waals surface area contributed by atoms with Gasteiger partial charge in [0.15, 0.2) is 5.82 Å². The molecule has 0 spiro atoms. The molecule has 1 N–H and O–H groups in total. The van der Waals surface area contributed by atoms with E-state index >= 15 is 0 Å². The Bertz CT molecular complexity index is 884. The van der Waals surface area contributed by atoms with E-state index in [4.69, 9.17) is 4.52 Å². The molecule has 0 unspecified atom stereocenters. The minimum Gasteiger partial charge on any atom is -0.345 e. The van der Waals surface area contributed by atoms with Gasteiger partial charge >= 0.3 is 0 Å². The van der Waals surface area contributed by atoms with Gasteiger partial charge in [-0.25, -0.2) is 0 Å². The Morgan fingerprint density at radius 1 is 1.08 bits per heavy atom. The maximum absolute atomic E-state index is 12.3. The number of benzene rings is 2. The lowest BCUT2D eigenvalue weighted by Gasteiger charge is -2.06. The Balaban J connectivity index is 1.69. The Labute approximate surface area is 140 Å². The number of carbonyl (C=O) groups excluding carboxylic acids is 1. The molecule has 0 saturated heterocycles. The second-order valence-electron chi connectivity index (χ2n) is 5.89. The van der Waals surface area contributed by atoms with E-state index in [1.54, 1.807) is 0 Å². The molecule has 0 fully saturated rings. The summed E-state index contributed by atoms with van der Waals surface area (Å²) in [7, 11) is 0. The van der Waals surface area contributed by atoms with Crippen molar-refractivity contribution in [3.05, 3.63) is 70.5 Å². The van der Waals surface area contributed by atoms with Crippen LogP contribution in [0.4, 0.5) is 0 Å². The van der Waals surface area contributed by atoms with Crippen molar-refractivity contribution in [2.75, 3.05) is 0 Å². The summed E-state index contributed by atoms with van der Waals surface area (Å²) in [5, 5.41) is 6.76. The highest BCUT2D eigenvalue weighted by atomic mass is 16.5. The highest BCUT2D eigenvalue weighted by Gasteiger charge is 2.12. The Hall–Kier alpha value is -2.95. The van der Waals surface area contributed by atoms with Gasteiger partial charge in [-0.2, -0.15) is 4.98 Å². The van der Waals surface area contributed by atoms with E-state index < -0.39 is 0 Å². The van der Waals surface area contributed by atoms with Gasteiger partial charge in [-0.15, -0.1) is 0 Å². The van der Waals surface area contributed by atoms with E-state index in [2.05, 4.69) is 15.5 Å². The first kappa shape index (κ1) is 15.9. The summed E-state index contributed by atoms with van der Waals surface area (Å²) in [6, 6.07) is 13.6. The third-order valence-electron chi connectivity index (χ3n) is 3.78. The summed E-state index contributed by atoms with van der Waals surface area (Å²) in [6.07, 6.45) is 0. The predicted octanol–water partition coefficient (Wildman–Crippen LogP) is 3.59. The molecule has 24 heavy (non-hydrogen) atoms. The van der Waals surface area contributed by atoms with Gasteiger partial charge in [0.25, 0.3) is 11.8 Å². The van der Waals surface area contributed by atoms with Crippen molar-refractivity contribution in [1.82, 2.24) is 15.5 Å². The van der Waals surface area contributed by atoms with Crippen LogP contribution in [0.3, 0.4) is 0 Å². The highest BCUT2D eigenvalue weighted by molar-refractivity contribution is 5.95. The van der Waals surface area contributed by atoms with Crippen molar-refractivity contribution in [2.45, 2.75) is 27.3 Å². The number of hydrogen-bond donors (Lipinski definition) is 1. The van der Waals surface area contributed by atoms with Crippen molar-refractivity contribution in [3.8, 4) is 11.5 Å². The van der Waals surface area contributed by atoms with Gasteiger partial charge in [0.05, 0.1) is 6.54 Å². The Morgan fingerprint density at radius 3 is 2.67 bits per heavy atom. The molecule has 3 rings (SSSR count). The third kappa shape index (κ3) is 3.51. The fraction of sp³-hybridized carbons (Fsp3) is 0.211. The zero-order valence-corrected chi connectivity index (χ0v) is 14.0. The zero-order valence-electron chi connectivity index (χ0n) is 14.0. The average Bonchev–Trinajstić information content (AvgIpc) is 3.04. The lowest BCUT2D eigenvalue weighted by Crippen LogP contribution is -2.24. The molecule has 1 amide bonds. The number of rotatable bonds is 4. The molecule has 0 aliphatic rings. The molecule has 1 heterocycles. The topological polar surface area (TPSA) is 68.0 Å². The number of aryl methyl sites for hydroxylation is 3. The zero-order chi connectivity index (χ0) is 17.1. The molecular weight excluding hydrogens is 302 g/mol. The van der Waals surface area contributed by atoms with Gasteiger partial charge in [-0.1, -0.05) is 40.5 Å². The molecule has 1 aromatic heterocycles. The van der Waals surface area contributed by atoms with Crippen LogP contribution >= 0.6 is 0 Å². The SMILES string of the molecule is Cc1cccc(-c2nc(CNC(=O)c3cc(C)ccc3C)no2)c1. The van der Waals surface area contributed by atoms with Crippen LogP contribution in [0.25, 0.3) is 11.5 Å². The minimum atomic E-state index is -0.141. The minimum absolute atomic E-state index is 0.141. The molecule has 0 bridgehead atoms. The maximum Gasteiger partial charge on any atom is 0.257 e. The highest BCUT2D eigenvalue weighted by Crippen LogP contribution is 2.18. The van der Waals surface area contributed by atoms with Crippen molar-refractivity contribution < 1.29 is 9.32 Å². The second kappa shape index (κ2) is 6.66. The summed E-state index contributed by atoms with van der Waals surface area (Å²) in [5.41, 5.74) is 4.64. The molecule has 0 radical (unpaired) electrons. The fourth-order valence-corrected chi connectivity index (χ4v) is 2.46. The lowest BCUT2D eigenvalue weighted by atomic mass is 10.1. The van der Waals surface area contributed by atoms with Crippen molar-refractivity contribution in [2.24, 2.45) is 0 Å². The monoisotopic (exact) mass is 321 g/mol. The molecule has 122 valence electrons. The van der Waals surface area contributed by atoms with Crippen LogP contribution < -0.4 is 5.32 Å². The molecule has 5 nitrogen and oxygen atoms in total. The van der Waals surface area contributed by atoms with Crippen molar-refractivity contribution in [3.63, 3.8) is 0 Å². The van der Waals surface area contributed by atoms with Gasteiger partial charge in [-0.05, 0) is 44.5 Å². The van der Waals surface area contributed by atoms with Gasteiger partial charge in [0.1, 0.15) is 0 Å². The van der Waals surface area contributed by atoms with E-state index in [1.807, 2.05) is 63.2 Å². The second-order valence-corrected chi connectivity index (χ2v) is 5.89. The normalized spacial score (nSPS) is 10.6. The van der Waals surface area contributed by atoms with E-state index in [9.17, 15) is 4.79 Å². The van der Waals surface area contributed by atoms with E-state index in [0.717, 1.165) is 22.3 Å². The summed E-state index contributed by atoms with van der Waals surface area (Å²) >= 11 is 0. The van der Waals surface area contributed by atoms with Crippen LogP contribution in [0.15, 0.2) is 47.0 Å². The van der Waals surface area contributed by atoms with Crippen molar-refractivity contribution >= 4 is 5.91 Å². The van der Waals surface area contributed by atoms with Gasteiger partial charge in [-0.3, -0.25) is 4.79 Å². The third-order valence-corrected chi connectivity index (χ3v) is 3.78. The molecule has 0 saturated carbocycles. The first-order valence-electron chi connectivity index (χ1n) is 7.78. The molecule has 5 heteroatoms. The number of hydrogen-bond acceptors (Lipinski definition) is 4. The summed E-state index contributed by atoms with van der Waals surface area (Å²) in [5.74, 6) is 0.762. The first-order valence-corrected chi connectivity index (χ1v) is 7.78. The smallest absolute Gasteiger partial charge is 0.257 e. The van der Waals surface area contributed by atoms with Crippen LogP contribution in [0.1, 0.15) is 32.9 Å². The predicted molar refractivity (Wildman–Crippen MR) is 91.6 cm³/mol. The van der Waals surface area contributed by atoms with Crippen LogP contribution in [0.2, 0.25) is 0 Å². The van der Waals surface area contributed by atoms with Crippen molar-refractivity contribution in [1.29, 1.82) is 0 Å². The first-order chi connectivity index (χ1) is 11.5. The van der Waals surface area contributed by atoms with Crippen LogP contribution in [-0.4, -0.2) is 16.0 Å². The molecular formula is C19H19N3O2. The molecule has 0 aliphatic carbocycles. The number of amides is 1. The largest absolute Gasteiger partial charge is 0.345 e. The average molecular weight is 321 g/mol. The summed E-state index contributed by atoms with van der Waals surface area (Å²) < 4.78 is 5.27. The van der Waals surface area contributed by atoms with E-state index in [1.165, 1.54) is 0 Å². The number of carbonyl (C=O) groups is 1. The van der Waals surface area contributed by atoms with Gasteiger partial charge in [0, 0.05) is 11.1 Å². The fourth-order valence-electron chi connectivity index (χ4n) is 2.46. The summed E-state index contributed by atoms with van der Waals surface area (Å²) in [6.45, 7) is 6.11. The molecule has 0 aliphatic heterocycles. The lowest BCUT2D eigenvalue weighted by molar-refractivity contribution is 0.0949. The van der Waals surface area contributed by atoms with Crippen LogP contribution in [-0.2, 0) is 6.54 Å². The quantitative estimate of drug-likeness (QED) is 0.797. The molecule has 2 aromatic carbocycles. The van der Waals surface area contributed by atoms with Gasteiger partial charge in [0.2, 0.25) is 0 Å². The van der Waals surface area contributed by atoms with E-state index in [-0.39, 0.29) is 12.5 Å². The standard InChI is InChI=1S/C19H19N3O2/c1-12-5-4-6-15(9-12)19-21-17(22-24-19)11-20-18(23)16-10-13(2)7-8-14(16)3/h4-10H,11H2,1-3H3,(H,20,23). The maximum atomic E-state index is 12.3. The summed E-state index contributed by atoms with van der Waals surface area (Å²) in [4.78, 5) is 16.6. The number of aromatic nitrogens is 2. The Kier molecular flexibility index (Phi) is 4.42. The van der Waals surface area contributed by atoms with Crippen LogP contribution in [0.5, 0.6) is 0 Å². The Morgan fingerprint density at radius 2 is 1.88 bits per heavy atom. The van der Waals surface area contributed by atoms with Crippen LogP contribution in [0, 0.1) is 20.8 Å². The van der Waals surface area contributed by atoms with E-state index in [0.29, 0.717) is 17.3 Å². The molecule has 3 aromatic rings. The number of nitrogens with zero attached hydrogens (tertiary/aromatic N) is 2. The van der Waals surface area contributed by atoms with Gasteiger partial charge < -0.3 is 9.84 Å². The molecule has 0 atom stereocenters.